The molecule has 0 saturated heterocycles. The number of hydrogen-bond acceptors (Lipinski definition) is 9. The third-order valence-electron chi connectivity index (χ3n) is 6.50. The number of benzene rings is 2. The SMILES string of the molecule is COC(=O)C1=C(N)N(c2ccc(S(N)(=O)=O)cc2)C2=C(C(=O)CC(C)(C)C2)[C@H]1c1cccc([N+](=O)[O-])c1. The molecule has 0 spiro atoms. The van der Waals surface area contributed by atoms with Gasteiger partial charge in [0.1, 0.15) is 5.82 Å². The summed E-state index contributed by atoms with van der Waals surface area (Å²) in [6.45, 7) is 3.85. The van der Waals surface area contributed by atoms with Crippen molar-refractivity contribution in [3.63, 3.8) is 0 Å². The molecule has 0 aromatic heterocycles. The van der Waals surface area contributed by atoms with Crippen LogP contribution in [-0.4, -0.2) is 32.2 Å². The molecule has 2 aromatic carbocycles. The summed E-state index contributed by atoms with van der Waals surface area (Å²) in [4.78, 5) is 39.1. The van der Waals surface area contributed by atoms with Gasteiger partial charge in [-0.25, -0.2) is 18.4 Å². The van der Waals surface area contributed by atoms with Gasteiger partial charge in [-0.05, 0) is 41.7 Å². The highest BCUT2D eigenvalue weighted by atomic mass is 32.2. The van der Waals surface area contributed by atoms with Crippen LogP contribution in [0.15, 0.2) is 76.1 Å². The number of hydrogen-bond donors (Lipinski definition) is 2. The molecule has 0 saturated carbocycles. The molecule has 2 aromatic rings. The normalized spacial score (nSPS) is 19.5. The van der Waals surface area contributed by atoms with Gasteiger partial charge in [-0.15, -0.1) is 0 Å². The first-order valence-electron chi connectivity index (χ1n) is 11.3. The van der Waals surface area contributed by atoms with Crippen LogP contribution in [0.25, 0.3) is 0 Å². The van der Waals surface area contributed by atoms with Crippen molar-refractivity contribution < 1.29 is 27.7 Å². The van der Waals surface area contributed by atoms with Crippen molar-refractivity contribution in [2.24, 2.45) is 16.3 Å². The lowest BCUT2D eigenvalue weighted by molar-refractivity contribution is -0.384. The number of anilines is 1. The summed E-state index contributed by atoms with van der Waals surface area (Å²) < 4.78 is 28.6. The molecule has 1 aliphatic heterocycles. The first-order valence-corrected chi connectivity index (χ1v) is 12.8. The maximum atomic E-state index is 13.6. The third kappa shape index (κ3) is 4.72. The summed E-state index contributed by atoms with van der Waals surface area (Å²) in [5.41, 5.74) is 7.45. The van der Waals surface area contributed by atoms with E-state index in [1.807, 2.05) is 13.8 Å². The van der Waals surface area contributed by atoms with Gasteiger partial charge < -0.3 is 10.5 Å². The molecule has 37 heavy (non-hydrogen) atoms. The lowest BCUT2D eigenvalue weighted by Gasteiger charge is -2.44. The number of carbonyl (C=O) groups is 2. The Morgan fingerprint density at radius 1 is 1.16 bits per heavy atom. The highest BCUT2D eigenvalue weighted by molar-refractivity contribution is 7.89. The number of sulfonamides is 1. The Morgan fingerprint density at radius 2 is 1.81 bits per heavy atom. The maximum absolute atomic E-state index is 13.6. The number of ether oxygens (including phenoxy) is 1. The molecule has 0 amide bonds. The fourth-order valence-corrected chi connectivity index (χ4v) is 5.47. The molecule has 1 heterocycles. The Bertz CT molecular complexity index is 1490. The smallest absolute Gasteiger partial charge is 0.338 e. The van der Waals surface area contributed by atoms with Crippen molar-refractivity contribution in [1.82, 2.24) is 0 Å². The standard InChI is InChI=1S/C25H26N4O7S/c1-25(2)12-18-21(19(30)13-25)20(14-5-4-6-16(11-14)29(32)33)22(24(31)36-3)23(26)28(18)15-7-9-17(10-8-15)37(27,34)35/h4-11,20H,12-13,26H2,1-3H3,(H2,27,34,35)/t20-/m1/s1. The number of carbonyl (C=O) groups excluding carboxylic acids is 2. The third-order valence-corrected chi connectivity index (χ3v) is 7.43. The minimum atomic E-state index is -3.96. The van der Waals surface area contributed by atoms with Gasteiger partial charge in [0.15, 0.2) is 5.78 Å². The highest BCUT2D eigenvalue weighted by Crippen LogP contribution is 2.50. The van der Waals surface area contributed by atoms with E-state index in [2.05, 4.69) is 0 Å². The van der Waals surface area contributed by atoms with E-state index in [-0.39, 0.29) is 39.8 Å². The van der Waals surface area contributed by atoms with E-state index in [9.17, 15) is 28.1 Å². The van der Waals surface area contributed by atoms with Crippen molar-refractivity contribution >= 4 is 33.2 Å². The van der Waals surface area contributed by atoms with Crippen LogP contribution in [0.3, 0.4) is 0 Å². The molecule has 0 unspecified atom stereocenters. The number of non-ortho nitro benzene ring substituents is 1. The topological polar surface area (TPSA) is 176 Å². The van der Waals surface area contributed by atoms with Crippen molar-refractivity contribution in [3.05, 3.63) is 86.9 Å². The Kier molecular flexibility index (Phi) is 6.42. The molecular formula is C25H26N4O7S. The second-order valence-corrected chi connectivity index (χ2v) is 11.3. The largest absolute Gasteiger partial charge is 0.466 e. The van der Waals surface area contributed by atoms with Crippen LogP contribution in [0.2, 0.25) is 0 Å². The van der Waals surface area contributed by atoms with Crippen LogP contribution in [0.5, 0.6) is 0 Å². The number of nitrogens with zero attached hydrogens (tertiary/aromatic N) is 2. The van der Waals surface area contributed by atoms with E-state index in [1.54, 1.807) is 11.0 Å². The molecule has 1 aliphatic carbocycles. The second kappa shape index (κ2) is 9.12. The monoisotopic (exact) mass is 526 g/mol. The van der Waals surface area contributed by atoms with Gasteiger partial charge in [0, 0.05) is 35.5 Å². The van der Waals surface area contributed by atoms with E-state index < -0.39 is 32.2 Å². The van der Waals surface area contributed by atoms with Crippen molar-refractivity contribution in [2.45, 2.75) is 37.5 Å². The van der Waals surface area contributed by atoms with E-state index in [4.69, 9.17) is 15.6 Å². The summed E-state index contributed by atoms with van der Waals surface area (Å²) >= 11 is 0. The van der Waals surface area contributed by atoms with Crippen LogP contribution in [0.1, 0.15) is 38.2 Å². The van der Waals surface area contributed by atoms with Gasteiger partial charge in [0.2, 0.25) is 10.0 Å². The van der Waals surface area contributed by atoms with Gasteiger partial charge in [-0.3, -0.25) is 19.8 Å². The van der Waals surface area contributed by atoms with E-state index in [0.717, 1.165) is 0 Å². The molecule has 0 bridgehead atoms. The van der Waals surface area contributed by atoms with E-state index >= 15 is 0 Å². The van der Waals surface area contributed by atoms with Gasteiger partial charge in [-0.2, -0.15) is 0 Å². The Hall–Kier alpha value is -4.03. The van der Waals surface area contributed by atoms with Gasteiger partial charge >= 0.3 is 5.97 Å². The number of nitro benzene ring substituents is 1. The van der Waals surface area contributed by atoms with E-state index in [1.165, 1.54) is 49.6 Å². The lowest BCUT2D eigenvalue weighted by Crippen LogP contribution is -2.43. The Morgan fingerprint density at radius 3 is 2.38 bits per heavy atom. The fourth-order valence-electron chi connectivity index (χ4n) is 4.95. The first-order chi connectivity index (χ1) is 17.2. The number of rotatable bonds is 5. The highest BCUT2D eigenvalue weighted by Gasteiger charge is 2.46. The number of nitrogens with two attached hydrogens (primary N) is 2. The zero-order chi connectivity index (χ0) is 27.3. The lowest BCUT2D eigenvalue weighted by atomic mass is 9.68. The van der Waals surface area contributed by atoms with Crippen molar-refractivity contribution in [2.75, 3.05) is 12.0 Å². The number of esters is 1. The number of allylic oxidation sites excluding steroid dienone is 2. The minimum absolute atomic E-state index is 0.0315. The second-order valence-electron chi connectivity index (χ2n) is 9.75. The summed E-state index contributed by atoms with van der Waals surface area (Å²) in [5, 5.41) is 16.7. The van der Waals surface area contributed by atoms with Crippen LogP contribution >= 0.6 is 0 Å². The molecule has 11 nitrogen and oxygen atoms in total. The summed E-state index contributed by atoms with van der Waals surface area (Å²) in [7, 11) is -2.78. The fraction of sp³-hybridized carbons (Fsp3) is 0.280. The number of nitro groups is 1. The molecule has 4 rings (SSSR count). The van der Waals surface area contributed by atoms with Crippen LogP contribution in [0.4, 0.5) is 11.4 Å². The molecular weight excluding hydrogens is 500 g/mol. The average Bonchev–Trinajstić information content (AvgIpc) is 2.81. The number of ketones is 1. The number of primary sulfonamides is 1. The van der Waals surface area contributed by atoms with Gasteiger partial charge in [0.05, 0.1) is 28.4 Å². The van der Waals surface area contributed by atoms with E-state index in [0.29, 0.717) is 23.4 Å². The van der Waals surface area contributed by atoms with Gasteiger partial charge in [0.25, 0.3) is 5.69 Å². The predicted molar refractivity (Wildman–Crippen MR) is 134 cm³/mol. The zero-order valence-electron chi connectivity index (χ0n) is 20.4. The predicted octanol–water partition coefficient (Wildman–Crippen LogP) is 2.83. The van der Waals surface area contributed by atoms with Crippen molar-refractivity contribution in [3.8, 4) is 0 Å². The number of Topliss-reactive ketones (excluding diaryl/α,β-unsaturated/α-hetero) is 1. The summed E-state index contributed by atoms with van der Waals surface area (Å²) in [6.07, 6.45) is 0.579. The first kappa shape index (κ1) is 26.0. The molecule has 1 atom stereocenters. The Labute approximate surface area is 213 Å². The molecule has 0 fully saturated rings. The summed E-state index contributed by atoms with van der Waals surface area (Å²) in [5.74, 6) is -2.06. The molecule has 2 aliphatic rings. The minimum Gasteiger partial charge on any atom is -0.466 e. The van der Waals surface area contributed by atoms with Gasteiger partial charge in [-0.1, -0.05) is 26.0 Å². The Balaban J connectivity index is 2.02. The quantitative estimate of drug-likeness (QED) is 0.337. The van der Waals surface area contributed by atoms with Crippen LogP contribution in [-0.2, 0) is 24.3 Å². The summed E-state index contributed by atoms with van der Waals surface area (Å²) in [6, 6.07) is 11.3. The average molecular weight is 527 g/mol. The van der Waals surface area contributed by atoms with Crippen molar-refractivity contribution in [1.29, 1.82) is 0 Å². The number of methoxy groups -OCH3 is 1. The molecule has 4 N–H and O–H groups in total. The molecule has 194 valence electrons. The zero-order valence-corrected chi connectivity index (χ0v) is 21.2. The molecule has 12 heteroatoms. The van der Waals surface area contributed by atoms with Crippen LogP contribution < -0.4 is 15.8 Å². The van der Waals surface area contributed by atoms with Crippen LogP contribution in [0, 0.1) is 15.5 Å². The molecule has 0 radical (unpaired) electrons. The maximum Gasteiger partial charge on any atom is 0.338 e.